The van der Waals surface area contributed by atoms with Crippen LogP contribution in [0.15, 0.2) is 146 Å². The highest BCUT2D eigenvalue weighted by molar-refractivity contribution is 7.25. The molecule has 0 atom stereocenters. The molecule has 5 heteroatoms. The lowest BCUT2D eigenvalue weighted by molar-refractivity contribution is 0.955. The van der Waals surface area contributed by atoms with Gasteiger partial charge in [0.2, 0.25) is 5.95 Å². The number of para-hydroxylation sites is 1. The molecule has 46 heavy (non-hydrogen) atoms. The topological polar surface area (TPSA) is 43.6 Å². The second-order valence-electron chi connectivity index (χ2n) is 11.6. The van der Waals surface area contributed by atoms with Crippen LogP contribution in [0.1, 0.15) is 0 Å². The summed E-state index contributed by atoms with van der Waals surface area (Å²) in [6.07, 6.45) is 0. The van der Waals surface area contributed by atoms with Gasteiger partial charge in [-0.15, -0.1) is 11.3 Å². The second-order valence-corrected chi connectivity index (χ2v) is 12.7. The molecule has 7 aromatic carbocycles. The summed E-state index contributed by atoms with van der Waals surface area (Å²) in [6.45, 7) is 0. The molecule has 0 amide bonds. The van der Waals surface area contributed by atoms with Crippen LogP contribution in [0.5, 0.6) is 0 Å². The average Bonchev–Trinajstić information content (AvgIpc) is 3.67. The first-order valence-electron chi connectivity index (χ1n) is 15.4. The standard InChI is InChI=1S/C41H24N4S/c1-3-13-25(14-4-1)39-42-40(26-15-5-2-6-16-26)44-41(43-39)45-34-21-11-9-20-30(34)37-29-19-8-7-17-27(29)31-23-32-28-18-10-12-22-35(28)46-36(32)24-33(31)38(37)45/h1-24H. The van der Waals surface area contributed by atoms with Gasteiger partial charge in [0.1, 0.15) is 0 Å². The third-order valence-corrected chi connectivity index (χ3v) is 10.2. The first-order valence-corrected chi connectivity index (χ1v) is 16.2. The van der Waals surface area contributed by atoms with E-state index in [0.717, 1.165) is 22.2 Å². The Bertz CT molecular complexity index is 2740. The van der Waals surface area contributed by atoms with Crippen LogP contribution < -0.4 is 0 Å². The van der Waals surface area contributed by atoms with E-state index < -0.39 is 0 Å². The lowest BCUT2D eigenvalue weighted by Crippen LogP contribution is -2.06. The molecule has 0 N–H and O–H groups in total. The van der Waals surface area contributed by atoms with Crippen molar-refractivity contribution >= 4 is 74.9 Å². The number of nitrogens with zero attached hydrogens (tertiary/aromatic N) is 4. The summed E-state index contributed by atoms with van der Waals surface area (Å²) < 4.78 is 4.83. The van der Waals surface area contributed by atoms with Crippen LogP contribution in [0, 0.1) is 0 Å². The average molecular weight is 605 g/mol. The Morgan fingerprint density at radius 1 is 0.413 bits per heavy atom. The third kappa shape index (κ3) is 3.69. The first-order chi connectivity index (χ1) is 22.8. The Morgan fingerprint density at radius 3 is 1.72 bits per heavy atom. The predicted octanol–water partition coefficient (Wildman–Crippen LogP) is 11.0. The van der Waals surface area contributed by atoms with Crippen LogP contribution in [0.4, 0.5) is 0 Å². The molecule has 3 heterocycles. The van der Waals surface area contributed by atoms with Gasteiger partial charge in [-0.1, -0.05) is 121 Å². The van der Waals surface area contributed by atoms with Gasteiger partial charge in [-0.25, -0.2) is 4.98 Å². The maximum absolute atomic E-state index is 5.20. The summed E-state index contributed by atoms with van der Waals surface area (Å²) in [5, 5.41) is 9.85. The highest BCUT2D eigenvalue weighted by atomic mass is 32.1. The zero-order chi connectivity index (χ0) is 30.2. The number of hydrogen-bond acceptors (Lipinski definition) is 4. The number of aromatic nitrogens is 4. The van der Waals surface area contributed by atoms with Gasteiger partial charge in [0.15, 0.2) is 11.6 Å². The Hall–Kier alpha value is -5.91. The largest absolute Gasteiger partial charge is 0.277 e. The van der Waals surface area contributed by atoms with Crippen molar-refractivity contribution in [3.05, 3.63) is 146 Å². The van der Waals surface area contributed by atoms with Crippen LogP contribution in [0.25, 0.3) is 92.2 Å². The van der Waals surface area contributed by atoms with Gasteiger partial charge in [-0.05, 0) is 40.4 Å². The minimum absolute atomic E-state index is 0.604. The number of benzene rings is 7. The van der Waals surface area contributed by atoms with E-state index in [9.17, 15) is 0 Å². The molecule has 0 aliphatic carbocycles. The summed E-state index contributed by atoms with van der Waals surface area (Å²) in [4.78, 5) is 15.4. The number of hydrogen-bond donors (Lipinski definition) is 0. The monoisotopic (exact) mass is 604 g/mol. The highest BCUT2D eigenvalue weighted by Crippen LogP contribution is 2.45. The smallest absolute Gasteiger partial charge is 0.238 e. The van der Waals surface area contributed by atoms with Crippen molar-refractivity contribution in [3.63, 3.8) is 0 Å². The molecule has 0 radical (unpaired) electrons. The highest BCUT2D eigenvalue weighted by Gasteiger charge is 2.22. The molecule has 0 aliphatic heterocycles. The van der Waals surface area contributed by atoms with Gasteiger partial charge in [-0.2, -0.15) is 9.97 Å². The summed E-state index contributed by atoms with van der Waals surface area (Å²) in [7, 11) is 0. The van der Waals surface area contributed by atoms with E-state index in [4.69, 9.17) is 15.0 Å². The lowest BCUT2D eigenvalue weighted by atomic mass is 9.95. The van der Waals surface area contributed by atoms with Gasteiger partial charge in [0.25, 0.3) is 0 Å². The van der Waals surface area contributed by atoms with E-state index in [2.05, 4.69) is 114 Å². The van der Waals surface area contributed by atoms with Crippen molar-refractivity contribution in [2.75, 3.05) is 0 Å². The van der Waals surface area contributed by atoms with Crippen LogP contribution in [0.3, 0.4) is 0 Å². The SMILES string of the molecule is c1ccc(-c2nc(-c3ccccc3)nc(-n3c4ccccc4c4c5ccccc5c5cc6c(cc5c43)sc3ccccc36)n2)cc1. The normalized spacial score (nSPS) is 11.9. The van der Waals surface area contributed by atoms with E-state index in [-0.39, 0.29) is 0 Å². The summed E-state index contributed by atoms with van der Waals surface area (Å²) >= 11 is 1.85. The quantitative estimate of drug-likeness (QED) is 0.188. The molecule has 0 aliphatic rings. The Labute approximate surface area is 267 Å². The molecule has 0 bridgehead atoms. The molecule has 10 rings (SSSR count). The minimum atomic E-state index is 0.604. The van der Waals surface area contributed by atoms with Crippen molar-refractivity contribution in [1.29, 1.82) is 0 Å². The molecule has 4 nitrogen and oxygen atoms in total. The number of rotatable bonds is 3. The molecule has 10 aromatic rings. The molecule has 0 fully saturated rings. The molecular formula is C41H24N4S. The summed E-state index contributed by atoms with van der Waals surface area (Å²) in [5.41, 5.74) is 4.08. The molecular weight excluding hydrogens is 581 g/mol. The fraction of sp³-hybridized carbons (Fsp3) is 0. The minimum Gasteiger partial charge on any atom is -0.277 e. The maximum atomic E-state index is 5.20. The Kier molecular flexibility index (Phi) is 5.41. The van der Waals surface area contributed by atoms with Gasteiger partial charge >= 0.3 is 0 Å². The van der Waals surface area contributed by atoms with Crippen molar-refractivity contribution in [3.8, 4) is 28.7 Å². The lowest BCUT2D eigenvalue weighted by Gasteiger charge is -2.13. The van der Waals surface area contributed by atoms with Gasteiger partial charge in [0, 0.05) is 47.5 Å². The van der Waals surface area contributed by atoms with Crippen LogP contribution in [0.2, 0.25) is 0 Å². The Balaban J connectivity index is 1.41. The number of fused-ring (bicyclic) bond motifs is 11. The molecule has 0 spiro atoms. The van der Waals surface area contributed by atoms with Gasteiger partial charge < -0.3 is 0 Å². The maximum Gasteiger partial charge on any atom is 0.238 e. The van der Waals surface area contributed by atoms with Crippen molar-refractivity contribution in [1.82, 2.24) is 19.5 Å². The van der Waals surface area contributed by atoms with E-state index in [1.807, 2.05) is 47.7 Å². The van der Waals surface area contributed by atoms with Crippen molar-refractivity contribution < 1.29 is 0 Å². The fourth-order valence-electron chi connectivity index (χ4n) is 7.00. The summed E-state index contributed by atoms with van der Waals surface area (Å²) in [5.74, 6) is 1.90. The van der Waals surface area contributed by atoms with E-state index in [1.165, 1.54) is 52.5 Å². The van der Waals surface area contributed by atoms with Gasteiger partial charge in [-0.3, -0.25) is 4.57 Å². The number of thiophene rings is 1. The van der Waals surface area contributed by atoms with E-state index in [1.54, 1.807) is 0 Å². The molecule has 0 unspecified atom stereocenters. The third-order valence-electron chi connectivity index (χ3n) is 9.02. The Morgan fingerprint density at radius 2 is 1.00 bits per heavy atom. The molecule has 214 valence electrons. The van der Waals surface area contributed by atoms with Crippen LogP contribution in [-0.4, -0.2) is 19.5 Å². The predicted molar refractivity (Wildman–Crippen MR) is 193 cm³/mol. The second kappa shape index (κ2) is 9.80. The van der Waals surface area contributed by atoms with Crippen LogP contribution in [-0.2, 0) is 0 Å². The van der Waals surface area contributed by atoms with Gasteiger partial charge in [0.05, 0.1) is 11.0 Å². The first kappa shape index (κ1) is 25.4. The van der Waals surface area contributed by atoms with E-state index >= 15 is 0 Å². The van der Waals surface area contributed by atoms with Crippen molar-refractivity contribution in [2.45, 2.75) is 0 Å². The zero-order valence-corrected chi connectivity index (χ0v) is 25.4. The summed E-state index contributed by atoms with van der Waals surface area (Å²) in [6, 6.07) is 51.3. The fourth-order valence-corrected chi connectivity index (χ4v) is 8.13. The molecule has 3 aromatic heterocycles. The molecule has 0 saturated heterocycles. The van der Waals surface area contributed by atoms with E-state index in [0.29, 0.717) is 17.6 Å². The van der Waals surface area contributed by atoms with Crippen LogP contribution >= 0.6 is 11.3 Å². The zero-order valence-electron chi connectivity index (χ0n) is 24.6. The van der Waals surface area contributed by atoms with Crippen molar-refractivity contribution in [2.24, 2.45) is 0 Å². The molecule has 0 saturated carbocycles.